The minimum atomic E-state index is 0. The first-order valence-electron chi connectivity index (χ1n) is 4.90. The fourth-order valence-corrected chi connectivity index (χ4v) is 2.26. The largest absolute Gasteiger partial charge is 0.659 e. The van der Waals surface area contributed by atoms with Crippen LogP contribution in [0, 0.1) is 7.43 Å². The van der Waals surface area contributed by atoms with Gasteiger partial charge in [-0.3, -0.25) is 4.90 Å². The van der Waals surface area contributed by atoms with Crippen molar-refractivity contribution in [3.05, 3.63) is 12.7 Å². The third-order valence-corrected chi connectivity index (χ3v) is 2.93. The molecule has 2 fully saturated rings. The average Bonchev–Trinajstić information content (AvgIpc) is 2.49. The van der Waals surface area contributed by atoms with Gasteiger partial charge < -0.3 is 17.5 Å². The van der Waals surface area contributed by atoms with Gasteiger partial charge in [0, 0.05) is 39.3 Å². The predicted molar refractivity (Wildman–Crippen MR) is 54.7 cm³/mol. The molecule has 1 radical (unpaired) electrons. The van der Waals surface area contributed by atoms with Gasteiger partial charge in [0.1, 0.15) is 5.72 Å². The van der Waals surface area contributed by atoms with E-state index in [1.807, 2.05) is 0 Å². The Kier molecular flexibility index (Phi) is 7.00. The third-order valence-electron chi connectivity index (χ3n) is 2.93. The molecule has 0 aromatic rings. The molecule has 3 nitrogen and oxygen atoms in total. The Morgan fingerprint density at radius 3 is 2.86 bits per heavy atom. The maximum atomic E-state index is 5.82. The van der Waals surface area contributed by atoms with E-state index in [2.05, 4.69) is 17.1 Å². The Bertz CT molecular complexity index is 160. The second kappa shape index (κ2) is 6.54. The second-order valence-electron chi connectivity index (χ2n) is 3.58. The van der Waals surface area contributed by atoms with Crippen molar-refractivity contribution < 1.29 is 37.4 Å². The van der Waals surface area contributed by atoms with Crippen LogP contribution in [0.4, 0.5) is 0 Å². The summed E-state index contributed by atoms with van der Waals surface area (Å²) in [5.41, 5.74) is 0.00694. The average molecular weight is 273 g/mol. The van der Waals surface area contributed by atoms with Crippen molar-refractivity contribution in [2.45, 2.75) is 25.5 Å². The Labute approximate surface area is 113 Å². The molecule has 0 bridgehead atoms. The molecule has 0 amide bonds. The van der Waals surface area contributed by atoms with Gasteiger partial charge in [0.2, 0.25) is 0 Å². The number of hydrogen-bond acceptors (Lipinski definition) is 2. The molecule has 0 aromatic heterocycles. The van der Waals surface area contributed by atoms with Gasteiger partial charge in [0.05, 0.1) is 6.61 Å². The maximum Gasteiger partial charge on any atom is 0.102 e. The molecule has 81 valence electrons. The molecule has 2 aliphatic heterocycles. The van der Waals surface area contributed by atoms with Crippen LogP contribution in [0.5, 0.6) is 0 Å². The molecule has 1 atom stereocenters. The zero-order valence-electron chi connectivity index (χ0n) is 9.33. The molecular formula is C10H20N2OY-2. The van der Waals surface area contributed by atoms with Crippen molar-refractivity contribution >= 4 is 0 Å². The molecule has 0 aliphatic carbocycles. The molecule has 1 unspecified atom stereocenters. The number of rotatable bonds is 1. The van der Waals surface area contributed by atoms with Gasteiger partial charge in [-0.15, -0.1) is 13.1 Å². The quantitative estimate of drug-likeness (QED) is 0.679. The first kappa shape index (κ1) is 15.0. The van der Waals surface area contributed by atoms with Gasteiger partial charge in [-0.2, -0.15) is 0 Å². The summed E-state index contributed by atoms with van der Waals surface area (Å²) in [5, 5.41) is 4.44. The van der Waals surface area contributed by atoms with E-state index >= 15 is 0 Å². The number of ether oxygens (including phenoxy) is 1. The molecule has 0 N–H and O–H groups in total. The first-order chi connectivity index (χ1) is 5.87. The standard InChI is InChI=1S/C9H17N2O.CH3.Y/c1-2-11-6-7-12-9(11)4-3-5-10-8-9;;/h2-8H2,1H3;1H3;/q2*-1;. The summed E-state index contributed by atoms with van der Waals surface area (Å²) in [6, 6.07) is 0. The number of nitrogens with zero attached hydrogens (tertiary/aromatic N) is 2. The number of hydrogen-bond donors (Lipinski definition) is 0. The summed E-state index contributed by atoms with van der Waals surface area (Å²) in [7, 11) is 0. The molecule has 14 heavy (non-hydrogen) atoms. The molecule has 0 saturated carbocycles. The molecule has 0 aromatic carbocycles. The minimum Gasteiger partial charge on any atom is -0.659 e. The smallest absolute Gasteiger partial charge is 0.102 e. The molecule has 2 aliphatic rings. The van der Waals surface area contributed by atoms with Gasteiger partial charge in [-0.05, 0) is 13.0 Å². The SMILES string of the molecule is CCN1CCOC12CCC[N-]C2.[CH3-].[Y]. The fraction of sp³-hybridized carbons (Fsp3) is 0.900. The Morgan fingerprint density at radius 2 is 2.29 bits per heavy atom. The van der Waals surface area contributed by atoms with Gasteiger partial charge in [0.25, 0.3) is 0 Å². The van der Waals surface area contributed by atoms with Crippen molar-refractivity contribution in [3.8, 4) is 0 Å². The van der Waals surface area contributed by atoms with Crippen LogP contribution < -0.4 is 0 Å². The van der Waals surface area contributed by atoms with Crippen LogP contribution in [0.25, 0.3) is 5.32 Å². The van der Waals surface area contributed by atoms with E-state index in [9.17, 15) is 0 Å². The fourth-order valence-electron chi connectivity index (χ4n) is 2.26. The zero-order valence-corrected chi connectivity index (χ0v) is 12.2. The van der Waals surface area contributed by atoms with Gasteiger partial charge >= 0.3 is 0 Å². The minimum absolute atomic E-state index is 0. The second-order valence-corrected chi connectivity index (χ2v) is 3.58. The van der Waals surface area contributed by atoms with E-state index in [1.165, 1.54) is 12.8 Å². The predicted octanol–water partition coefficient (Wildman–Crippen LogP) is 1.65. The third kappa shape index (κ3) is 2.76. The molecule has 2 heterocycles. The summed E-state index contributed by atoms with van der Waals surface area (Å²) >= 11 is 0. The molecule has 2 rings (SSSR count). The van der Waals surface area contributed by atoms with E-state index < -0.39 is 0 Å². The van der Waals surface area contributed by atoms with Crippen LogP contribution in [-0.4, -0.2) is 43.4 Å². The van der Waals surface area contributed by atoms with Crippen LogP contribution in [0.15, 0.2) is 0 Å². The van der Waals surface area contributed by atoms with Crippen molar-refractivity contribution in [1.29, 1.82) is 0 Å². The molecule has 1 spiro atoms. The van der Waals surface area contributed by atoms with Crippen molar-refractivity contribution in [2.75, 3.05) is 32.8 Å². The van der Waals surface area contributed by atoms with E-state index in [0.29, 0.717) is 0 Å². The van der Waals surface area contributed by atoms with E-state index in [4.69, 9.17) is 4.74 Å². The van der Waals surface area contributed by atoms with Crippen LogP contribution in [-0.2, 0) is 37.4 Å². The van der Waals surface area contributed by atoms with Crippen LogP contribution in [0.1, 0.15) is 19.8 Å². The van der Waals surface area contributed by atoms with Crippen molar-refractivity contribution in [1.82, 2.24) is 4.90 Å². The Hall–Kier alpha value is 0.984. The Morgan fingerprint density at radius 1 is 1.50 bits per heavy atom. The van der Waals surface area contributed by atoms with Gasteiger partial charge in [-0.1, -0.05) is 13.3 Å². The van der Waals surface area contributed by atoms with Crippen LogP contribution >= 0.6 is 0 Å². The van der Waals surface area contributed by atoms with Crippen LogP contribution in [0.3, 0.4) is 0 Å². The topological polar surface area (TPSA) is 26.6 Å². The Balaban J connectivity index is 0.000000845. The summed E-state index contributed by atoms with van der Waals surface area (Å²) < 4.78 is 5.82. The van der Waals surface area contributed by atoms with Crippen molar-refractivity contribution in [2.24, 2.45) is 0 Å². The molecule has 4 heteroatoms. The summed E-state index contributed by atoms with van der Waals surface area (Å²) in [6.45, 7) is 7.19. The summed E-state index contributed by atoms with van der Waals surface area (Å²) in [6.07, 6.45) is 2.36. The summed E-state index contributed by atoms with van der Waals surface area (Å²) in [4.78, 5) is 2.43. The van der Waals surface area contributed by atoms with Gasteiger partial charge in [-0.25, -0.2) is 0 Å². The normalized spacial score (nSPS) is 32.4. The molecule has 2 saturated heterocycles. The zero-order chi connectivity index (χ0) is 8.44. The van der Waals surface area contributed by atoms with Crippen molar-refractivity contribution in [3.63, 3.8) is 0 Å². The van der Waals surface area contributed by atoms with E-state index in [0.717, 1.165) is 32.8 Å². The van der Waals surface area contributed by atoms with Crippen LogP contribution in [0.2, 0.25) is 0 Å². The number of piperidine rings is 1. The van der Waals surface area contributed by atoms with E-state index in [-0.39, 0.29) is 45.9 Å². The number of likely N-dealkylation sites (N-methyl/N-ethyl adjacent to an activating group) is 1. The monoisotopic (exact) mass is 273 g/mol. The molecular weight excluding hydrogens is 253 g/mol. The van der Waals surface area contributed by atoms with E-state index in [1.54, 1.807) is 0 Å². The van der Waals surface area contributed by atoms with Gasteiger partial charge in [0.15, 0.2) is 0 Å². The maximum absolute atomic E-state index is 5.82. The first-order valence-corrected chi connectivity index (χ1v) is 4.90. The summed E-state index contributed by atoms with van der Waals surface area (Å²) in [5.74, 6) is 0.